The molecule has 0 saturated carbocycles. The van der Waals surface area contributed by atoms with E-state index in [4.69, 9.17) is 0 Å². The normalized spacial score (nSPS) is 12.8. The Morgan fingerprint density at radius 1 is 0.273 bits per heavy atom. The third-order valence-electron chi connectivity index (χ3n) is 10.2. The molecule has 44 heavy (non-hydrogen) atoms. The van der Waals surface area contributed by atoms with Crippen LogP contribution >= 0.6 is 0 Å². The van der Waals surface area contributed by atoms with Crippen molar-refractivity contribution in [2.24, 2.45) is 0 Å². The van der Waals surface area contributed by atoms with Gasteiger partial charge in [0.25, 0.3) is 0 Å². The highest BCUT2D eigenvalue weighted by Gasteiger charge is 2.23. The molecule has 8 aromatic carbocycles. The van der Waals surface area contributed by atoms with E-state index in [0.29, 0.717) is 0 Å². The van der Waals surface area contributed by atoms with Gasteiger partial charge in [0.2, 0.25) is 0 Å². The maximum Gasteiger partial charge on any atom is -0.000729 e. The third-order valence-corrected chi connectivity index (χ3v) is 10.2. The van der Waals surface area contributed by atoms with Gasteiger partial charge >= 0.3 is 0 Å². The lowest BCUT2D eigenvalue weighted by molar-refractivity contribution is 1.26. The van der Waals surface area contributed by atoms with Crippen molar-refractivity contribution in [3.05, 3.63) is 168 Å². The van der Waals surface area contributed by atoms with Gasteiger partial charge in [-0.25, -0.2) is 0 Å². The van der Waals surface area contributed by atoms with Gasteiger partial charge < -0.3 is 0 Å². The van der Waals surface area contributed by atoms with Gasteiger partial charge in [0.05, 0.1) is 0 Å². The first-order valence-corrected chi connectivity index (χ1v) is 15.6. The largest absolute Gasteiger partial charge is 0.0619 e. The van der Waals surface area contributed by atoms with Gasteiger partial charge in [-0.05, 0) is 124 Å². The minimum Gasteiger partial charge on any atom is -0.0619 e. The predicted octanol–water partition coefficient (Wildman–Crippen LogP) is 11.6. The van der Waals surface area contributed by atoms with Crippen LogP contribution in [0.2, 0.25) is 0 Å². The molecule has 2 aliphatic rings. The van der Waals surface area contributed by atoms with E-state index < -0.39 is 0 Å². The number of rotatable bonds is 2. The zero-order chi connectivity index (χ0) is 28.8. The lowest BCUT2D eigenvalue weighted by atomic mass is 9.88. The van der Waals surface area contributed by atoms with Crippen molar-refractivity contribution in [3.8, 4) is 44.5 Å². The van der Waals surface area contributed by atoms with E-state index in [2.05, 4.69) is 146 Å². The van der Waals surface area contributed by atoms with Crippen LogP contribution in [0.4, 0.5) is 0 Å². The highest BCUT2D eigenvalue weighted by molar-refractivity contribution is 6.26. The molecule has 0 saturated heterocycles. The summed E-state index contributed by atoms with van der Waals surface area (Å²) in [6.07, 6.45) is 1.99. The first kappa shape index (κ1) is 24.0. The molecule has 0 heterocycles. The molecule has 2 aliphatic carbocycles. The molecule has 0 aliphatic heterocycles. The lowest BCUT2D eigenvalue weighted by Gasteiger charge is -2.15. The van der Waals surface area contributed by atoms with Gasteiger partial charge in [0.15, 0.2) is 0 Å². The van der Waals surface area contributed by atoms with Crippen molar-refractivity contribution in [2.45, 2.75) is 12.8 Å². The molecule has 0 heteroatoms. The van der Waals surface area contributed by atoms with Crippen molar-refractivity contribution in [1.29, 1.82) is 0 Å². The van der Waals surface area contributed by atoms with Crippen LogP contribution in [0.5, 0.6) is 0 Å². The van der Waals surface area contributed by atoms with Crippen LogP contribution in [-0.2, 0) is 12.8 Å². The summed E-state index contributed by atoms with van der Waals surface area (Å²) in [4.78, 5) is 0. The second-order valence-corrected chi connectivity index (χ2v) is 12.4. The second-order valence-electron chi connectivity index (χ2n) is 12.4. The van der Waals surface area contributed by atoms with Gasteiger partial charge in [-0.15, -0.1) is 0 Å². The second kappa shape index (κ2) is 9.02. The van der Waals surface area contributed by atoms with Gasteiger partial charge in [-0.2, -0.15) is 0 Å². The molecule has 0 nitrogen and oxygen atoms in total. The summed E-state index contributed by atoms with van der Waals surface area (Å²) in [5.74, 6) is 0. The van der Waals surface area contributed by atoms with Gasteiger partial charge in [-0.3, -0.25) is 0 Å². The third kappa shape index (κ3) is 3.34. The van der Waals surface area contributed by atoms with E-state index >= 15 is 0 Å². The lowest BCUT2D eigenvalue weighted by Crippen LogP contribution is -1.91. The summed E-state index contributed by atoms with van der Waals surface area (Å²) in [5, 5.41) is 7.90. The van der Waals surface area contributed by atoms with Gasteiger partial charge in [0, 0.05) is 0 Å². The highest BCUT2D eigenvalue weighted by atomic mass is 14.3. The van der Waals surface area contributed by atoms with Crippen molar-refractivity contribution in [3.63, 3.8) is 0 Å². The van der Waals surface area contributed by atoms with E-state index in [1.165, 1.54) is 99.1 Å². The average molecular weight is 557 g/mol. The monoisotopic (exact) mass is 556 g/mol. The molecule has 0 amide bonds. The van der Waals surface area contributed by atoms with Crippen LogP contribution in [-0.4, -0.2) is 0 Å². The number of hydrogen-bond acceptors (Lipinski definition) is 0. The molecule has 8 aromatic rings. The molecule has 0 bridgehead atoms. The Kier molecular flexibility index (Phi) is 4.93. The molecular weight excluding hydrogens is 528 g/mol. The van der Waals surface area contributed by atoms with Gasteiger partial charge in [-0.1, -0.05) is 133 Å². The minimum atomic E-state index is 0.995. The van der Waals surface area contributed by atoms with Crippen LogP contribution in [0.3, 0.4) is 0 Å². The number of hydrogen-bond donors (Lipinski definition) is 0. The summed E-state index contributed by atoms with van der Waals surface area (Å²) in [6.45, 7) is 0. The maximum absolute atomic E-state index is 2.44. The van der Waals surface area contributed by atoms with E-state index in [-0.39, 0.29) is 0 Å². The fourth-order valence-electron chi connectivity index (χ4n) is 8.15. The van der Waals surface area contributed by atoms with Crippen molar-refractivity contribution < 1.29 is 0 Å². The van der Waals surface area contributed by atoms with E-state index in [1.54, 1.807) is 0 Å². The molecule has 0 fully saturated rings. The number of benzene rings is 8. The smallest absolute Gasteiger partial charge is 0.000729 e. The van der Waals surface area contributed by atoms with Crippen LogP contribution in [0.15, 0.2) is 146 Å². The van der Waals surface area contributed by atoms with Crippen LogP contribution in [0, 0.1) is 0 Å². The summed E-state index contributed by atoms with van der Waals surface area (Å²) < 4.78 is 0. The van der Waals surface area contributed by atoms with Crippen molar-refractivity contribution in [2.75, 3.05) is 0 Å². The minimum absolute atomic E-state index is 0.995. The standard InChI is InChI=1S/C44H28/c1-3-11-31-27(9-1)23-41-33(15-7-17-35(31)41)29-19-21-39-40-22-20-30(26-44(40)38-14-6-5-13-37(38)43(39)25-29)34-16-8-18-36-32-12-4-2-10-28(32)24-42(34)36/h1-22,25-26H,23-24H2. The fraction of sp³-hybridized carbons (Fsp3) is 0.0455. The van der Waals surface area contributed by atoms with E-state index in [9.17, 15) is 0 Å². The van der Waals surface area contributed by atoms with Crippen molar-refractivity contribution >= 4 is 32.3 Å². The fourth-order valence-corrected chi connectivity index (χ4v) is 8.15. The van der Waals surface area contributed by atoms with Crippen molar-refractivity contribution in [1.82, 2.24) is 0 Å². The molecule has 0 N–H and O–H groups in total. The Morgan fingerprint density at radius 2 is 0.659 bits per heavy atom. The first-order chi connectivity index (χ1) is 21.8. The Bertz CT molecular complexity index is 2300. The average Bonchev–Trinajstić information content (AvgIpc) is 3.67. The molecule has 10 rings (SSSR count). The Morgan fingerprint density at radius 3 is 1.16 bits per heavy atom. The molecule has 0 spiro atoms. The maximum atomic E-state index is 2.44. The topological polar surface area (TPSA) is 0 Å². The Labute approximate surface area is 256 Å². The van der Waals surface area contributed by atoms with Crippen LogP contribution < -0.4 is 0 Å². The quantitative estimate of drug-likeness (QED) is 0.186. The van der Waals surface area contributed by atoms with Crippen LogP contribution in [0.25, 0.3) is 76.8 Å². The van der Waals surface area contributed by atoms with E-state index in [1.807, 2.05) is 0 Å². The summed E-state index contributed by atoms with van der Waals surface area (Å²) >= 11 is 0. The zero-order valence-corrected chi connectivity index (χ0v) is 24.3. The summed E-state index contributed by atoms with van der Waals surface area (Å²) in [7, 11) is 0. The molecule has 0 unspecified atom stereocenters. The highest BCUT2D eigenvalue weighted by Crippen LogP contribution is 2.45. The Hall–Kier alpha value is -5.46. The van der Waals surface area contributed by atoms with E-state index in [0.717, 1.165) is 12.8 Å². The molecule has 204 valence electrons. The molecule has 0 atom stereocenters. The first-order valence-electron chi connectivity index (χ1n) is 15.6. The summed E-state index contributed by atoms with van der Waals surface area (Å²) in [6, 6.07) is 54.6. The Balaban J connectivity index is 1.17. The molecule has 0 radical (unpaired) electrons. The number of fused-ring (bicyclic) bond motifs is 12. The molecular formula is C44H28. The van der Waals surface area contributed by atoms with Crippen LogP contribution in [0.1, 0.15) is 22.3 Å². The SMILES string of the molecule is c1ccc2c(c1)Cc1c(-c3ccc4c5ccc(-c6cccc7c6Cc6ccccc6-7)cc5c5ccccc5c4c3)cccc1-2. The van der Waals surface area contributed by atoms with Gasteiger partial charge in [0.1, 0.15) is 0 Å². The predicted molar refractivity (Wildman–Crippen MR) is 186 cm³/mol. The summed E-state index contributed by atoms with van der Waals surface area (Å²) in [5.41, 5.74) is 16.5. The zero-order valence-electron chi connectivity index (χ0n) is 24.3. The molecule has 0 aromatic heterocycles.